The molecule has 18 heavy (non-hydrogen) atoms. The topological polar surface area (TPSA) is 63.2 Å². The van der Waals surface area contributed by atoms with Crippen LogP contribution in [-0.2, 0) is 11.3 Å². The molecular formula is C13H21N3O2. The summed E-state index contributed by atoms with van der Waals surface area (Å²) in [5.41, 5.74) is 0.673. The molecule has 0 bridgehead atoms. The second kappa shape index (κ2) is 6.96. The number of ether oxygens (including phenoxy) is 1. The van der Waals surface area contributed by atoms with Gasteiger partial charge in [-0.1, -0.05) is 0 Å². The fraction of sp³-hybridized carbons (Fsp3) is 0.538. The zero-order valence-corrected chi connectivity index (χ0v) is 11.2. The lowest BCUT2D eigenvalue weighted by Gasteiger charge is -2.24. The summed E-state index contributed by atoms with van der Waals surface area (Å²) in [4.78, 5) is 15.5. The Bertz CT molecular complexity index is 366. The van der Waals surface area contributed by atoms with Gasteiger partial charge in [0.25, 0.3) is 0 Å². The largest absolute Gasteiger partial charge is 0.374 e. The van der Waals surface area contributed by atoms with Gasteiger partial charge in [0.2, 0.25) is 0 Å². The Morgan fingerprint density at radius 1 is 1.33 bits per heavy atom. The van der Waals surface area contributed by atoms with Crippen LogP contribution >= 0.6 is 0 Å². The summed E-state index contributed by atoms with van der Waals surface area (Å²) in [6.07, 6.45) is 3.40. The van der Waals surface area contributed by atoms with E-state index in [1.165, 1.54) is 0 Å². The van der Waals surface area contributed by atoms with Crippen LogP contribution in [-0.4, -0.2) is 29.8 Å². The van der Waals surface area contributed by atoms with Crippen molar-refractivity contribution < 1.29 is 9.53 Å². The van der Waals surface area contributed by atoms with E-state index >= 15 is 0 Å². The first-order chi connectivity index (χ1) is 8.53. The third-order valence-corrected chi connectivity index (χ3v) is 2.41. The zero-order valence-electron chi connectivity index (χ0n) is 11.2. The summed E-state index contributed by atoms with van der Waals surface area (Å²) in [6, 6.07) is 3.54. The second-order valence-electron chi connectivity index (χ2n) is 4.58. The molecule has 0 spiro atoms. The van der Waals surface area contributed by atoms with E-state index in [0.717, 1.165) is 5.56 Å². The molecule has 100 valence electrons. The molecule has 1 aromatic heterocycles. The number of hydrogen-bond acceptors (Lipinski definition) is 3. The monoisotopic (exact) mass is 251 g/mol. The standard InChI is InChI=1S/C13H21N3O2/c1-4-18-13(2,3)10-16-12(17)15-9-11-5-7-14-8-6-11/h5-8H,4,9-10H2,1-3H3,(H2,15,16,17). The third-order valence-electron chi connectivity index (χ3n) is 2.41. The van der Waals surface area contributed by atoms with Gasteiger partial charge in [0.1, 0.15) is 0 Å². The Balaban J connectivity index is 2.26. The first-order valence-electron chi connectivity index (χ1n) is 6.08. The summed E-state index contributed by atoms with van der Waals surface area (Å²) < 4.78 is 5.49. The van der Waals surface area contributed by atoms with Crippen LogP contribution in [0.25, 0.3) is 0 Å². The molecule has 5 nitrogen and oxygen atoms in total. The lowest BCUT2D eigenvalue weighted by atomic mass is 10.1. The van der Waals surface area contributed by atoms with E-state index in [2.05, 4.69) is 15.6 Å². The Hall–Kier alpha value is -1.62. The molecule has 0 saturated heterocycles. The number of aromatic nitrogens is 1. The van der Waals surface area contributed by atoms with Crippen LogP contribution in [0.3, 0.4) is 0 Å². The van der Waals surface area contributed by atoms with Crippen molar-refractivity contribution in [3.63, 3.8) is 0 Å². The highest BCUT2D eigenvalue weighted by Gasteiger charge is 2.18. The summed E-state index contributed by atoms with van der Waals surface area (Å²) in [6.45, 7) is 7.42. The van der Waals surface area contributed by atoms with Crippen LogP contribution in [0, 0.1) is 0 Å². The number of nitrogens with zero attached hydrogens (tertiary/aromatic N) is 1. The predicted octanol–water partition coefficient (Wildman–Crippen LogP) is 1.70. The minimum Gasteiger partial charge on any atom is -0.374 e. The normalized spacial score (nSPS) is 11.1. The second-order valence-corrected chi connectivity index (χ2v) is 4.58. The maximum atomic E-state index is 11.6. The van der Waals surface area contributed by atoms with Crippen LogP contribution in [0.5, 0.6) is 0 Å². The minimum atomic E-state index is -0.344. The molecule has 0 radical (unpaired) electrons. The highest BCUT2D eigenvalue weighted by molar-refractivity contribution is 5.73. The molecule has 0 aliphatic carbocycles. The van der Waals surface area contributed by atoms with Gasteiger partial charge < -0.3 is 15.4 Å². The summed E-state index contributed by atoms with van der Waals surface area (Å²) in [5, 5.41) is 5.57. The average Bonchev–Trinajstić information content (AvgIpc) is 2.35. The van der Waals surface area contributed by atoms with Gasteiger partial charge in [0.05, 0.1) is 5.60 Å². The highest BCUT2D eigenvalue weighted by atomic mass is 16.5. The van der Waals surface area contributed by atoms with E-state index in [0.29, 0.717) is 19.7 Å². The zero-order chi connectivity index (χ0) is 13.4. The first-order valence-corrected chi connectivity index (χ1v) is 6.08. The number of hydrogen-bond donors (Lipinski definition) is 2. The van der Waals surface area contributed by atoms with Gasteiger partial charge in [-0.15, -0.1) is 0 Å². The number of urea groups is 1. The molecule has 0 aliphatic rings. The van der Waals surface area contributed by atoms with Crippen molar-refractivity contribution in [2.75, 3.05) is 13.2 Å². The molecule has 0 aliphatic heterocycles. The molecule has 2 N–H and O–H groups in total. The molecule has 1 aromatic rings. The number of carbonyl (C=O) groups excluding carboxylic acids is 1. The van der Waals surface area contributed by atoms with Gasteiger partial charge in [0, 0.05) is 32.1 Å². The lowest BCUT2D eigenvalue weighted by Crippen LogP contribution is -2.44. The quantitative estimate of drug-likeness (QED) is 0.808. The molecule has 0 aromatic carbocycles. The van der Waals surface area contributed by atoms with Crippen molar-refractivity contribution in [3.05, 3.63) is 30.1 Å². The molecule has 5 heteroatoms. The van der Waals surface area contributed by atoms with Crippen LogP contribution in [0.2, 0.25) is 0 Å². The van der Waals surface area contributed by atoms with E-state index in [9.17, 15) is 4.79 Å². The summed E-state index contributed by atoms with van der Waals surface area (Å²) >= 11 is 0. The molecular weight excluding hydrogens is 230 g/mol. The van der Waals surface area contributed by atoms with Crippen molar-refractivity contribution in [1.82, 2.24) is 15.6 Å². The number of amides is 2. The van der Waals surface area contributed by atoms with Gasteiger partial charge in [-0.2, -0.15) is 0 Å². The lowest BCUT2D eigenvalue weighted by molar-refractivity contribution is -0.00690. The highest BCUT2D eigenvalue weighted by Crippen LogP contribution is 2.06. The van der Waals surface area contributed by atoms with Gasteiger partial charge in [-0.05, 0) is 38.5 Å². The van der Waals surface area contributed by atoms with Crippen LogP contribution in [0.4, 0.5) is 4.79 Å². The number of rotatable bonds is 6. The van der Waals surface area contributed by atoms with Crippen LogP contribution in [0.15, 0.2) is 24.5 Å². The van der Waals surface area contributed by atoms with E-state index in [1.807, 2.05) is 32.9 Å². The van der Waals surface area contributed by atoms with Crippen molar-refractivity contribution in [2.45, 2.75) is 32.9 Å². The number of pyridine rings is 1. The molecule has 0 unspecified atom stereocenters. The van der Waals surface area contributed by atoms with Crippen molar-refractivity contribution in [3.8, 4) is 0 Å². The fourth-order valence-corrected chi connectivity index (χ4v) is 1.48. The Morgan fingerprint density at radius 3 is 2.61 bits per heavy atom. The average molecular weight is 251 g/mol. The van der Waals surface area contributed by atoms with Crippen LogP contribution in [0.1, 0.15) is 26.3 Å². The molecule has 0 atom stereocenters. The summed E-state index contributed by atoms with van der Waals surface area (Å²) in [5.74, 6) is 0. The number of carbonyl (C=O) groups is 1. The van der Waals surface area contributed by atoms with Gasteiger partial charge in [0.15, 0.2) is 0 Å². The van der Waals surface area contributed by atoms with Gasteiger partial charge in [-0.3, -0.25) is 4.98 Å². The maximum absolute atomic E-state index is 11.6. The van der Waals surface area contributed by atoms with E-state index in [4.69, 9.17) is 4.74 Å². The van der Waals surface area contributed by atoms with E-state index < -0.39 is 0 Å². The molecule has 0 saturated carbocycles. The molecule has 0 fully saturated rings. The van der Waals surface area contributed by atoms with Crippen LogP contribution < -0.4 is 10.6 Å². The smallest absolute Gasteiger partial charge is 0.315 e. The van der Waals surface area contributed by atoms with Crippen molar-refractivity contribution in [2.24, 2.45) is 0 Å². The van der Waals surface area contributed by atoms with Gasteiger partial charge in [-0.25, -0.2) is 4.79 Å². The van der Waals surface area contributed by atoms with Crippen molar-refractivity contribution in [1.29, 1.82) is 0 Å². The van der Waals surface area contributed by atoms with E-state index in [-0.39, 0.29) is 11.6 Å². The molecule has 1 rings (SSSR count). The molecule has 1 heterocycles. The summed E-state index contributed by atoms with van der Waals surface area (Å²) in [7, 11) is 0. The SMILES string of the molecule is CCOC(C)(C)CNC(=O)NCc1ccncc1. The predicted molar refractivity (Wildman–Crippen MR) is 70.2 cm³/mol. The Morgan fingerprint density at radius 2 is 2.00 bits per heavy atom. The van der Waals surface area contributed by atoms with E-state index in [1.54, 1.807) is 12.4 Å². The minimum absolute atomic E-state index is 0.195. The van der Waals surface area contributed by atoms with Crippen molar-refractivity contribution >= 4 is 6.03 Å². The first kappa shape index (κ1) is 14.4. The third kappa shape index (κ3) is 5.63. The maximum Gasteiger partial charge on any atom is 0.315 e. The fourth-order valence-electron chi connectivity index (χ4n) is 1.48. The van der Waals surface area contributed by atoms with Gasteiger partial charge >= 0.3 is 6.03 Å². The Labute approximate surface area is 108 Å². The number of nitrogens with one attached hydrogen (secondary N) is 2. The Kier molecular flexibility index (Phi) is 5.58. The molecule has 2 amide bonds.